The fourth-order valence-electron chi connectivity index (χ4n) is 1.64. The highest BCUT2D eigenvalue weighted by atomic mass is 19.1. The lowest BCUT2D eigenvalue weighted by Crippen LogP contribution is -2.14. The maximum Gasteiger partial charge on any atom is 0.259 e. The van der Waals surface area contributed by atoms with Crippen LogP contribution in [0.4, 0.5) is 10.1 Å². The van der Waals surface area contributed by atoms with Crippen molar-refractivity contribution in [2.24, 2.45) is 0 Å². The topological polar surface area (TPSA) is 75.0 Å². The lowest BCUT2D eigenvalue weighted by molar-refractivity contribution is 0.102. The van der Waals surface area contributed by atoms with Crippen LogP contribution in [0.25, 0.3) is 0 Å². The van der Waals surface area contributed by atoms with Crippen molar-refractivity contribution in [1.82, 2.24) is 4.98 Å². The number of amides is 1. The number of hydrogen-bond donors (Lipinski definition) is 1. The smallest absolute Gasteiger partial charge is 0.259 e. The highest BCUT2D eigenvalue weighted by Crippen LogP contribution is 2.20. The van der Waals surface area contributed by atoms with Crippen LogP contribution in [-0.4, -0.2) is 18.0 Å². The van der Waals surface area contributed by atoms with E-state index in [-0.39, 0.29) is 16.8 Å². The molecule has 1 heterocycles. The molecule has 6 heteroatoms. The van der Waals surface area contributed by atoms with E-state index in [9.17, 15) is 9.18 Å². The van der Waals surface area contributed by atoms with E-state index in [0.717, 1.165) is 6.07 Å². The number of aromatic nitrogens is 1. The number of nitrogens with zero attached hydrogens (tertiary/aromatic N) is 2. The minimum absolute atomic E-state index is 0.0476. The van der Waals surface area contributed by atoms with Crippen molar-refractivity contribution in [3.8, 4) is 11.8 Å². The Balaban J connectivity index is 2.31. The second-order valence-corrected chi connectivity index (χ2v) is 3.83. The van der Waals surface area contributed by atoms with Crippen molar-refractivity contribution in [3.63, 3.8) is 0 Å². The number of rotatable bonds is 3. The molecule has 0 spiro atoms. The number of halogens is 1. The summed E-state index contributed by atoms with van der Waals surface area (Å²) in [4.78, 5) is 16.0. The van der Waals surface area contributed by atoms with E-state index in [0.29, 0.717) is 5.75 Å². The molecule has 0 aliphatic carbocycles. The van der Waals surface area contributed by atoms with Gasteiger partial charge in [0.2, 0.25) is 0 Å². The van der Waals surface area contributed by atoms with Crippen molar-refractivity contribution >= 4 is 11.6 Å². The van der Waals surface area contributed by atoms with Crippen LogP contribution in [0.5, 0.6) is 5.75 Å². The molecule has 0 aliphatic heterocycles. The van der Waals surface area contributed by atoms with Gasteiger partial charge in [0.15, 0.2) is 0 Å². The number of benzene rings is 1. The largest absolute Gasteiger partial charge is 0.494 e. The Kier molecular flexibility index (Phi) is 3.91. The number of ether oxygens (including phenoxy) is 1. The van der Waals surface area contributed by atoms with E-state index >= 15 is 0 Å². The molecule has 0 saturated carbocycles. The Bertz CT molecular complexity index is 695. The SMILES string of the molecule is COc1cnccc1C(=O)Nc1ccc(F)cc1C#N. The molecule has 1 amide bonds. The van der Waals surface area contributed by atoms with Crippen molar-refractivity contribution in [3.05, 3.63) is 53.6 Å². The van der Waals surface area contributed by atoms with Gasteiger partial charge in [0.1, 0.15) is 17.6 Å². The van der Waals surface area contributed by atoms with Gasteiger partial charge in [-0.3, -0.25) is 9.78 Å². The van der Waals surface area contributed by atoms with Gasteiger partial charge in [0.05, 0.1) is 30.1 Å². The Hall–Kier alpha value is -2.94. The number of carbonyl (C=O) groups excluding carboxylic acids is 1. The fraction of sp³-hybridized carbons (Fsp3) is 0.0714. The first kappa shape index (κ1) is 13.5. The van der Waals surface area contributed by atoms with Crippen LogP contribution in [0.3, 0.4) is 0 Å². The lowest BCUT2D eigenvalue weighted by atomic mass is 10.1. The number of hydrogen-bond acceptors (Lipinski definition) is 4. The van der Waals surface area contributed by atoms with E-state index in [1.165, 1.54) is 37.7 Å². The van der Waals surface area contributed by atoms with Gasteiger partial charge in [-0.25, -0.2) is 4.39 Å². The third-order valence-corrected chi connectivity index (χ3v) is 2.60. The van der Waals surface area contributed by atoms with Gasteiger partial charge < -0.3 is 10.1 Å². The molecule has 2 aromatic rings. The van der Waals surface area contributed by atoms with Crippen LogP contribution in [0.2, 0.25) is 0 Å². The lowest BCUT2D eigenvalue weighted by Gasteiger charge is -2.09. The Morgan fingerprint density at radius 3 is 2.95 bits per heavy atom. The zero-order chi connectivity index (χ0) is 14.5. The summed E-state index contributed by atoms with van der Waals surface area (Å²) in [6.07, 6.45) is 2.86. The van der Waals surface area contributed by atoms with Gasteiger partial charge in [-0.05, 0) is 24.3 Å². The van der Waals surface area contributed by atoms with Crippen molar-refractivity contribution in [2.45, 2.75) is 0 Å². The molecule has 0 unspecified atom stereocenters. The molecule has 0 radical (unpaired) electrons. The van der Waals surface area contributed by atoms with Crippen LogP contribution in [0, 0.1) is 17.1 Å². The summed E-state index contributed by atoms with van der Waals surface area (Å²) >= 11 is 0. The normalized spacial score (nSPS) is 9.65. The summed E-state index contributed by atoms with van der Waals surface area (Å²) < 4.78 is 18.1. The average Bonchev–Trinajstić information content (AvgIpc) is 2.48. The fourth-order valence-corrected chi connectivity index (χ4v) is 1.64. The molecule has 0 saturated heterocycles. The number of pyridine rings is 1. The molecule has 0 aliphatic rings. The molecular formula is C14H10FN3O2. The molecular weight excluding hydrogens is 261 g/mol. The minimum Gasteiger partial charge on any atom is -0.494 e. The predicted octanol–water partition coefficient (Wildman–Crippen LogP) is 2.35. The molecule has 100 valence electrons. The first-order valence-corrected chi connectivity index (χ1v) is 5.64. The third-order valence-electron chi connectivity index (χ3n) is 2.60. The number of nitriles is 1. The second kappa shape index (κ2) is 5.80. The van der Waals surface area contributed by atoms with Gasteiger partial charge in [0, 0.05) is 6.20 Å². The van der Waals surface area contributed by atoms with E-state index in [1.54, 1.807) is 0 Å². The molecule has 1 N–H and O–H groups in total. The molecule has 1 aromatic heterocycles. The minimum atomic E-state index is -0.541. The summed E-state index contributed by atoms with van der Waals surface area (Å²) in [6, 6.07) is 6.87. The van der Waals surface area contributed by atoms with Crippen LogP contribution in [0.1, 0.15) is 15.9 Å². The number of methoxy groups -OCH3 is 1. The maximum atomic E-state index is 13.0. The summed E-state index contributed by atoms with van der Waals surface area (Å²) in [5, 5.41) is 11.5. The molecule has 20 heavy (non-hydrogen) atoms. The molecule has 0 bridgehead atoms. The van der Waals surface area contributed by atoms with E-state index in [2.05, 4.69) is 10.3 Å². The third kappa shape index (κ3) is 2.72. The van der Waals surface area contributed by atoms with Gasteiger partial charge in [0.25, 0.3) is 5.91 Å². The summed E-state index contributed by atoms with van der Waals surface area (Å²) in [6.45, 7) is 0. The number of carbonyl (C=O) groups is 1. The van der Waals surface area contributed by atoms with Crippen LogP contribution >= 0.6 is 0 Å². The second-order valence-electron chi connectivity index (χ2n) is 3.83. The van der Waals surface area contributed by atoms with E-state index in [1.807, 2.05) is 6.07 Å². The van der Waals surface area contributed by atoms with Crippen molar-refractivity contribution in [2.75, 3.05) is 12.4 Å². The molecule has 5 nitrogen and oxygen atoms in total. The predicted molar refractivity (Wildman–Crippen MR) is 69.9 cm³/mol. The van der Waals surface area contributed by atoms with E-state index < -0.39 is 11.7 Å². The summed E-state index contributed by atoms with van der Waals surface area (Å²) in [7, 11) is 1.42. The highest BCUT2D eigenvalue weighted by Gasteiger charge is 2.14. The van der Waals surface area contributed by atoms with Gasteiger partial charge in [-0.2, -0.15) is 5.26 Å². The first-order valence-electron chi connectivity index (χ1n) is 5.64. The Morgan fingerprint density at radius 2 is 2.25 bits per heavy atom. The van der Waals surface area contributed by atoms with Gasteiger partial charge in [-0.15, -0.1) is 0 Å². The van der Waals surface area contributed by atoms with Crippen LogP contribution in [0.15, 0.2) is 36.7 Å². The van der Waals surface area contributed by atoms with Gasteiger partial charge in [-0.1, -0.05) is 0 Å². The number of anilines is 1. The molecule has 2 rings (SSSR count). The monoisotopic (exact) mass is 271 g/mol. The standard InChI is InChI=1S/C14H10FN3O2/c1-20-13-8-17-5-4-11(13)14(19)18-12-3-2-10(15)6-9(12)7-16/h2-6,8H,1H3,(H,18,19). The quantitative estimate of drug-likeness (QED) is 0.929. The Labute approximate surface area is 114 Å². The molecule has 1 aromatic carbocycles. The maximum absolute atomic E-state index is 13.0. The zero-order valence-electron chi connectivity index (χ0n) is 10.6. The van der Waals surface area contributed by atoms with Gasteiger partial charge >= 0.3 is 0 Å². The summed E-state index contributed by atoms with van der Waals surface area (Å²) in [5.41, 5.74) is 0.555. The number of nitrogens with one attached hydrogen (secondary N) is 1. The zero-order valence-corrected chi connectivity index (χ0v) is 10.6. The summed E-state index contributed by atoms with van der Waals surface area (Å²) in [5.74, 6) is -0.695. The van der Waals surface area contributed by atoms with Crippen LogP contribution in [-0.2, 0) is 0 Å². The molecule has 0 atom stereocenters. The van der Waals surface area contributed by atoms with Crippen LogP contribution < -0.4 is 10.1 Å². The van der Waals surface area contributed by atoms with E-state index in [4.69, 9.17) is 10.00 Å². The highest BCUT2D eigenvalue weighted by molar-refractivity contribution is 6.06. The Morgan fingerprint density at radius 1 is 1.45 bits per heavy atom. The molecule has 0 fully saturated rings. The van der Waals surface area contributed by atoms with Crippen molar-refractivity contribution in [1.29, 1.82) is 5.26 Å². The first-order chi connectivity index (χ1) is 9.65. The average molecular weight is 271 g/mol. The van der Waals surface area contributed by atoms with Crippen molar-refractivity contribution < 1.29 is 13.9 Å².